The molecule has 1 N–H and O–H groups in total. The minimum absolute atomic E-state index is 0.0351. The van der Waals surface area contributed by atoms with E-state index in [4.69, 9.17) is 9.47 Å². The van der Waals surface area contributed by atoms with Crippen molar-refractivity contribution in [1.82, 2.24) is 0 Å². The van der Waals surface area contributed by atoms with Crippen LogP contribution in [0, 0.1) is 13.8 Å². The number of aryl methyl sites for hydroxylation is 2. The Morgan fingerprint density at radius 1 is 0.971 bits per heavy atom. The van der Waals surface area contributed by atoms with Crippen LogP contribution in [-0.2, 0) is 20.9 Å². The van der Waals surface area contributed by atoms with E-state index in [0.717, 1.165) is 79.7 Å². The minimum atomic E-state index is -0.578. The number of benzene rings is 2. The number of rotatable bonds is 8. The number of carbonyl (C=O) groups is 2. The maximum Gasteiger partial charge on any atom is 0.362 e. The first-order valence-corrected chi connectivity index (χ1v) is 12.4. The van der Waals surface area contributed by atoms with Crippen molar-refractivity contribution < 1.29 is 23.5 Å². The number of anilines is 1. The fourth-order valence-corrected chi connectivity index (χ4v) is 5.78. The fourth-order valence-electron chi connectivity index (χ4n) is 5.78. The Balaban J connectivity index is 1.55. The summed E-state index contributed by atoms with van der Waals surface area (Å²) in [6, 6.07) is 13.6. The standard InChI is InChI=1S/C28H36N2O4/c1-21-17-24(33-3)18-22(2)26(21)29-27(32)28(13-10-14-28)30(15-8-5-9-16-30)19-25(31)34-20-23-11-6-4-7-12-23/h4,6-7,11-12,17-18H,5,8-10,13-16,19-20H2,1-3H3/p+1. The van der Waals surface area contributed by atoms with E-state index in [1.54, 1.807) is 7.11 Å². The van der Waals surface area contributed by atoms with E-state index >= 15 is 0 Å². The number of amides is 1. The number of piperidine rings is 1. The van der Waals surface area contributed by atoms with Gasteiger partial charge < -0.3 is 19.3 Å². The lowest BCUT2D eigenvalue weighted by molar-refractivity contribution is -0.970. The lowest BCUT2D eigenvalue weighted by Crippen LogP contribution is -2.74. The highest BCUT2D eigenvalue weighted by Crippen LogP contribution is 2.46. The molecule has 0 bridgehead atoms. The molecule has 1 amide bonds. The topological polar surface area (TPSA) is 64.6 Å². The molecule has 1 saturated heterocycles. The summed E-state index contributed by atoms with van der Waals surface area (Å²) in [5, 5.41) is 3.26. The van der Waals surface area contributed by atoms with Crippen molar-refractivity contribution in [2.45, 2.75) is 64.5 Å². The van der Waals surface area contributed by atoms with Crippen molar-refractivity contribution in [3.8, 4) is 5.75 Å². The van der Waals surface area contributed by atoms with E-state index in [9.17, 15) is 9.59 Å². The van der Waals surface area contributed by atoms with E-state index in [-0.39, 0.29) is 25.0 Å². The zero-order valence-corrected chi connectivity index (χ0v) is 20.7. The highest BCUT2D eigenvalue weighted by Gasteiger charge is 2.61. The predicted octanol–water partition coefficient (Wildman–Crippen LogP) is 4.92. The van der Waals surface area contributed by atoms with E-state index in [1.165, 1.54) is 0 Å². The number of methoxy groups -OCH3 is 1. The number of ether oxygens (including phenoxy) is 2. The lowest BCUT2D eigenvalue weighted by atomic mass is 9.71. The summed E-state index contributed by atoms with van der Waals surface area (Å²) < 4.78 is 11.6. The minimum Gasteiger partial charge on any atom is -0.497 e. The van der Waals surface area contributed by atoms with Gasteiger partial charge in [-0.2, -0.15) is 0 Å². The zero-order chi connectivity index (χ0) is 24.2. The summed E-state index contributed by atoms with van der Waals surface area (Å²) in [5.74, 6) is 0.599. The van der Waals surface area contributed by atoms with Crippen LogP contribution in [0.3, 0.4) is 0 Å². The average Bonchev–Trinajstić information content (AvgIpc) is 2.80. The molecule has 1 aliphatic carbocycles. The molecule has 0 spiro atoms. The molecule has 2 fully saturated rings. The maximum atomic E-state index is 13.9. The molecule has 4 rings (SSSR count). The third-order valence-corrected chi connectivity index (χ3v) is 7.84. The number of nitrogens with one attached hydrogen (secondary N) is 1. The second kappa shape index (κ2) is 10.2. The molecule has 34 heavy (non-hydrogen) atoms. The Morgan fingerprint density at radius 3 is 2.18 bits per heavy atom. The highest BCUT2D eigenvalue weighted by molar-refractivity contribution is 5.99. The van der Waals surface area contributed by atoms with Crippen LogP contribution in [0.5, 0.6) is 5.75 Å². The smallest absolute Gasteiger partial charge is 0.362 e. The number of likely N-dealkylation sites (tertiary alicyclic amines) is 1. The van der Waals surface area contributed by atoms with Gasteiger partial charge in [-0.3, -0.25) is 4.79 Å². The average molecular weight is 466 g/mol. The molecule has 6 nitrogen and oxygen atoms in total. The summed E-state index contributed by atoms with van der Waals surface area (Å²) in [6.07, 6.45) is 5.82. The summed E-state index contributed by atoms with van der Waals surface area (Å²) in [5.41, 5.74) is 3.20. The number of carbonyl (C=O) groups excluding carboxylic acids is 2. The third kappa shape index (κ3) is 4.69. The van der Waals surface area contributed by atoms with E-state index in [1.807, 2.05) is 56.3 Å². The van der Waals surface area contributed by atoms with E-state index in [2.05, 4.69) is 5.32 Å². The van der Waals surface area contributed by atoms with Crippen LogP contribution in [0.15, 0.2) is 42.5 Å². The van der Waals surface area contributed by atoms with Crippen LogP contribution >= 0.6 is 0 Å². The quantitative estimate of drug-likeness (QED) is 0.444. The Hall–Kier alpha value is -2.86. The van der Waals surface area contributed by atoms with Gasteiger partial charge in [0.15, 0.2) is 12.1 Å². The molecule has 2 aromatic carbocycles. The number of hydrogen-bond acceptors (Lipinski definition) is 4. The third-order valence-electron chi connectivity index (χ3n) is 7.84. The number of esters is 1. The molecule has 6 heteroatoms. The van der Waals surface area contributed by atoms with Gasteiger partial charge in [0, 0.05) is 18.5 Å². The maximum absolute atomic E-state index is 13.9. The fraction of sp³-hybridized carbons (Fsp3) is 0.500. The van der Waals surface area contributed by atoms with Gasteiger partial charge in [0.05, 0.1) is 20.2 Å². The molecule has 0 aromatic heterocycles. The first kappa shape index (κ1) is 24.3. The zero-order valence-electron chi connectivity index (χ0n) is 20.7. The SMILES string of the molecule is COc1cc(C)c(NC(=O)C2([N+]3(CC(=O)OCc4ccccc4)CCCCC3)CCC2)c(C)c1. The molecule has 0 atom stereocenters. The monoisotopic (exact) mass is 465 g/mol. The van der Waals surface area contributed by atoms with Crippen molar-refractivity contribution in [3.63, 3.8) is 0 Å². The second-order valence-corrected chi connectivity index (χ2v) is 9.93. The number of nitrogens with zero attached hydrogens (tertiary/aromatic N) is 1. The first-order chi connectivity index (χ1) is 16.4. The molecule has 2 aromatic rings. The van der Waals surface area contributed by atoms with Crippen LogP contribution < -0.4 is 10.1 Å². The van der Waals surface area contributed by atoms with Gasteiger partial charge in [-0.05, 0) is 68.4 Å². The second-order valence-electron chi connectivity index (χ2n) is 9.93. The number of quaternary nitrogens is 1. The van der Waals surface area contributed by atoms with Crippen LogP contribution in [0.2, 0.25) is 0 Å². The van der Waals surface area contributed by atoms with Gasteiger partial charge in [0.25, 0.3) is 5.91 Å². The molecule has 1 saturated carbocycles. The van der Waals surface area contributed by atoms with Crippen molar-refractivity contribution >= 4 is 17.6 Å². The van der Waals surface area contributed by atoms with E-state index < -0.39 is 5.54 Å². The van der Waals surface area contributed by atoms with Gasteiger partial charge >= 0.3 is 5.97 Å². The van der Waals surface area contributed by atoms with Crippen molar-refractivity contribution in [3.05, 3.63) is 59.2 Å². The van der Waals surface area contributed by atoms with Crippen molar-refractivity contribution in [1.29, 1.82) is 0 Å². The lowest BCUT2D eigenvalue weighted by Gasteiger charge is -2.57. The Morgan fingerprint density at radius 2 is 1.62 bits per heavy atom. The van der Waals surface area contributed by atoms with Crippen molar-refractivity contribution in [2.24, 2.45) is 0 Å². The van der Waals surface area contributed by atoms with Gasteiger partial charge in [0.1, 0.15) is 12.4 Å². The van der Waals surface area contributed by atoms with E-state index in [0.29, 0.717) is 4.48 Å². The first-order valence-electron chi connectivity index (χ1n) is 12.4. The van der Waals surface area contributed by atoms with Crippen LogP contribution in [0.4, 0.5) is 5.69 Å². The van der Waals surface area contributed by atoms with Gasteiger partial charge in [0.2, 0.25) is 0 Å². The Bertz CT molecular complexity index is 1000. The van der Waals surface area contributed by atoms with Gasteiger partial charge in [-0.1, -0.05) is 30.3 Å². The van der Waals surface area contributed by atoms with Crippen molar-refractivity contribution in [2.75, 3.05) is 32.1 Å². The van der Waals surface area contributed by atoms with Gasteiger partial charge in [-0.15, -0.1) is 0 Å². The predicted molar refractivity (Wildman–Crippen MR) is 133 cm³/mol. The summed E-state index contributed by atoms with van der Waals surface area (Å²) in [6.45, 7) is 6.18. The Kier molecular flexibility index (Phi) is 7.27. The molecule has 0 unspecified atom stereocenters. The molecular weight excluding hydrogens is 428 g/mol. The van der Waals surface area contributed by atoms with Crippen LogP contribution in [-0.4, -0.2) is 48.6 Å². The molecule has 182 valence electrons. The molecular formula is C28H37N2O4+. The normalized spacial score (nSPS) is 18.4. The van der Waals surface area contributed by atoms with Crippen LogP contribution in [0.1, 0.15) is 55.2 Å². The Labute approximate surface area is 202 Å². The van der Waals surface area contributed by atoms with Gasteiger partial charge in [-0.25, -0.2) is 4.79 Å². The largest absolute Gasteiger partial charge is 0.497 e. The summed E-state index contributed by atoms with van der Waals surface area (Å²) in [4.78, 5) is 27.0. The molecule has 0 radical (unpaired) electrons. The summed E-state index contributed by atoms with van der Waals surface area (Å²) in [7, 11) is 1.65. The molecule has 2 aliphatic rings. The van der Waals surface area contributed by atoms with Crippen LogP contribution in [0.25, 0.3) is 0 Å². The molecule has 1 aliphatic heterocycles. The highest BCUT2D eigenvalue weighted by atomic mass is 16.5. The number of hydrogen-bond donors (Lipinski definition) is 1. The summed E-state index contributed by atoms with van der Waals surface area (Å²) >= 11 is 0. The molecule has 1 heterocycles.